The second-order valence-electron chi connectivity index (χ2n) is 2.93. The van der Waals surface area contributed by atoms with Crippen molar-refractivity contribution in [2.24, 2.45) is 5.73 Å². The zero-order valence-corrected chi connectivity index (χ0v) is 8.04. The zero-order chi connectivity index (χ0) is 11.4. The van der Waals surface area contributed by atoms with Gasteiger partial charge in [-0.05, 0) is 18.6 Å². The van der Waals surface area contributed by atoms with Crippen molar-refractivity contribution in [3.63, 3.8) is 0 Å². The Kier molecular flexibility index (Phi) is 3.54. The number of carbonyl (C=O) groups excluding carboxylic acids is 1. The maximum Gasteiger partial charge on any atom is 0.272 e. The number of aromatic nitrogens is 1. The van der Waals surface area contributed by atoms with E-state index < -0.39 is 18.9 Å². The number of nitrogens with two attached hydrogens (primary N) is 1. The molecule has 4 nitrogen and oxygen atoms in total. The summed E-state index contributed by atoms with van der Waals surface area (Å²) in [5, 5.41) is 0. The van der Waals surface area contributed by atoms with Gasteiger partial charge in [0, 0.05) is 6.20 Å². The maximum atomic E-state index is 11.9. The van der Waals surface area contributed by atoms with Crippen LogP contribution in [-0.2, 0) is 0 Å². The molecule has 0 saturated carbocycles. The highest BCUT2D eigenvalue weighted by Gasteiger charge is 2.13. The number of hydrogen-bond donors (Lipinski definition) is 1. The molecule has 0 bridgehead atoms. The van der Waals surface area contributed by atoms with Gasteiger partial charge < -0.3 is 10.5 Å². The van der Waals surface area contributed by atoms with Crippen molar-refractivity contribution in [2.45, 2.75) is 13.3 Å². The molecule has 0 radical (unpaired) electrons. The topological polar surface area (TPSA) is 65.2 Å². The van der Waals surface area contributed by atoms with Crippen LogP contribution in [0, 0.1) is 6.92 Å². The number of rotatable bonds is 4. The van der Waals surface area contributed by atoms with Gasteiger partial charge in [-0.3, -0.25) is 4.79 Å². The molecule has 1 aromatic heterocycles. The predicted molar refractivity (Wildman–Crippen MR) is 49.0 cm³/mol. The summed E-state index contributed by atoms with van der Waals surface area (Å²) in [5.74, 6) is -0.913. The Labute approximate surface area is 85.1 Å². The molecule has 0 fully saturated rings. The van der Waals surface area contributed by atoms with Gasteiger partial charge >= 0.3 is 0 Å². The first-order valence-electron chi connectivity index (χ1n) is 4.18. The molecule has 0 aliphatic rings. The van der Waals surface area contributed by atoms with Gasteiger partial charge in [0.05, 0.1) is 0 Å². The quantitative estimate of drug-likeness (QED) is 0.820. The Morgan fingerprint density at radius 2 is 2.33 bits per heavy atom. The lowest BCUT2D eigenvalue weighted by Crippen LogP contribution is -2.16. The summed E-state index contributed by atoms with van der Waals surface area (Å²) in [6.07, 6.45) is -1.21. The Morgan fingerprint density at radius 3 is 2.87 bits per heavy atom. The average molecular weight is 216 g/mol. The van der Waals surface area contributed by atoms with Gasteiger partial charge in [0.15, 0.2) is 6.61 Å². The van der Waals surface area contributed by atoms with Crippen LogP contribution in [-0.4, -0.2) is 23.9 Å². The number of primary amides is 1. The molecule has 1 amide bonds. The fourth-order valence-corrected chi connectivity index (χ4v) is 0.990. The van der Waals surface area contributed by atoms with Crippen LogP contribution in [0.4, 0.5) is 8.78 Å². The monoisotopic (exact) mass is 216 g/mol. The lowest BCUT2D eigenvalue weighted by atomic mass is 10.2. The van der Waals surface area contributed by atoms with Crippen molar-refractivity contribution in [2.75, 3.05) is 6.61 Å². The Morgan fingerprint density at radius 1 is 1.67 bits per heavy atom. The number of halogens is 2. The maximum absolute atomic E-state index is 11.9. The Bertz CT molecular complexity index is 369. The largest absolute Gasteiger partial charge is 0.471 e. The minimum absolute atomic E-state index is 0.00986. The third kappa shape index (κ3) is 3.16. The number of ether oxygens (including phenoxy) is 1. The number of nitrogens with zero attached hydrogens (tertiary/aromatic N) is 1. The number of aryl methyl sites for hydroxylation is 1. The molecule has 0 atom stereocenters. The SMILES string of the molecule is Cc1cnc(OCC(F)F)c(C(N)=O)c1. The molecule has 1 aromatic rings. The summed E-state index contributed by atoms with van der Waals surface area (Å²) in [6.45, 7) is 0.896. The van der Waals surface area contributed by atoms with Crippen molar-refractivity contribution in [3.8, 4) is 5.88 Å². The minimum atomic E-state index is -2.62. The number of amides is 1. The predicted octanol–water partition coefficient (Wildman–Crippen LogP) is 1.13. The van der Waals surface area contributed by atoms with E-state index in [4.69, 9.17) is 5.73 Å². The van der Waals surface area contributed by atoms with Crippen LogP contribution in [0.1, 0.15) is 15.9 Å². The van der Waals surface area contributed by atoms with Gasteiger partial charge in [-0.2, -0.15) is 0 Å². The van der Waals surface area contributed by atoms with E-state index >= 15 is 0 Å². The molecule has 0 aliphatic carbocycles. The second kappa shape index (κ2) is 4.68. The minimum Gasteiger partial charge on any atom is -0.471 e. The lowest BCUT2D eigenvalue weighted by Gasteiger charge is -2.08. The van der Waals surface area contributed by atoms with Gasteiger partial charge in [-0.15, -0.1) is 0 Å². The molecule has 82 valence electrons. The van der Waals surface area contributed by atoms with Crippen LogP contribution in [0.2, 0.25) is 0 Å². The molecule has 6 heteroatoms. The Hall–Kier alpha value is -1.72. The van der Waals surface area contributed by atoms with E-state index in [1.165, 1.54) is 12.3 Å². The average Bonchev–Trinajstić information content (AvgIpc) is 2.15. The molecule has 0 saturated heterocycles. The van der Waals surface area contributed by atoms with E-state index in [1.54, 1.807) is 6.92 Å². The van der Waals surface area contributed by atoms with Crippen LogP contribution < -0.4 is 10.5 Å². The van der Waals surface area contributed by atoms with E-state index in [9.17, 15) is 13.6 Å². The zero-order valence-electron chi connectivity index (χ0n) is 8.04. The van der Waals surface area contributed by atoms with Crippen LogP contribution in [0.5, 0.6) is 5.88 Å². The highest BCUT2D eigenvalue weighted by Crippen LogP contribution is 2.16. The van der Waals surface area contributed by atoms with E-state index in [1.807, 2.05) is 0 Å². The fourth-order valence-electron chi connectivity index (χ4n) is 0.990. The smallest absolute Gasteiger partial charge is 0.272 e. The first-order chi connectivity index (χ1) is 7.00. The summed E-state index contributed by atoms with van der Waals surface area (Å²) in [6, 6.07) is 1.44. The summed E-state index contributed by atoms with van der Waals surface area (Å²) < 4.78 is 28.4. The molecule has 0 aliphatic heterocycles. The highest BCUT2D eigenvalue weighted by atomic mass is 19.3. The summed E-state index contributed by atoms with van der Waals surface area (Å²) in [4.78, 5) is 14.6. The Balaban J connectivity index is 2.91. The van der Waals surface area contributed by atoms with Crippen molar-refractivity contribution >= 4 is 5.91 Å². The third-order valence-corrected chi connectivity index (χ3v) is 1.60. The number of pyridine rings is 1. The summed E-state index contributed by atoms with van der Waals surface area (Å²) in [5.41, 5.74) is 5.76. The fraction of sp³-hybridized carbons (Fsp3) is 0.333. The molecule has 0 aromatic carbocycles. The van der Waals surface area contributed by atoms with E-state index in [-0.39, 0.29) is 11.4 Å². The number of alkyl halides is 2. The molecule has 1 heterocycles. The molecule has 2 N–H and O–H groups in total. The number of hydrogen-bond acceptors (Lipinski definition) is 3. The van der Waals surface area contributed by atoms with Gasteiger partial charge in [-0.25, -0.2) is 13.8 Å². The van der Waals surface area contributed by atoms with Crippen LogP contribution >= 0.6 is 0 Å². The van der Waals surface area contributed by atoms with Crippen LogP contribution in [0.3, 0.4) is 0 Å². The van der Waals surface area contributed by atoms with Crippen LogP contribution in [0.25, 0.3) is 0 Å². The van der Waals surface area contributed by atoms with Gasteiger partial charge in [0.25, 0.3) is 12.3 Å². The summed E-state index contributed by atoms with van der Waals surface area (Å²) >= 11 is 0. The molecular weight excluding hydrogens is 206 g/mol. The normalized spacial score (nSPS) is 10.4. The van der Waals surface area contributed by atoms with E-state index in [0.717, 1.165) is 0 Å². The lowest BCUT2D eigenvalue weighted by molar-refractivity contribution is 0.0778. The standard InChI is InChI=1S/C9H10F2N2O2/c1-5-2-6(8(12)14)9(13-3-5)15-4-7(10)11/h2-3,7H,4H2,1H3,(H2,12,14). The first kappa shape index (κ1) is 11.4. The molecule has 0 unspecified atom stereocenters. The molecule has 15 heavy (non-hydrogen) atoms. The van der Waals surface area contributed by atoms with Crippen molar-refractivity contribution < 1.29 is 18.3 Å². The van der Waals surface area contributed by atoms with Crippen molar-refractivity contribution in [1.29, 1.82) is 0 Å². The van der Waals surface area contributed by atoms with E-state index in [0.29, 0.717) is 5.56 Å². The number of carbonyl (C=O) groups is 1. The van der Waals surface area contributed by atoms with Gasteiger partial charge in [0.1, 0.15) is 5.56 Å². The van der Waals surface area contributed by atoms with E-state index in [2.05, 4.69) is 9.72 Å². The van der Waals surface area contributed by atoms with Crippen molar-refractivity contribution in [3.05, 3.63) is 23.4 Å². The van der Waals surface area contributed by atoms with Crippen LogP contribution in [0.15, 0.2) is 12.3 Å². The molecule has 0 spiro atoms. The first-order valence-corrected chi connectivity index (χ1v) is 4.18. The van der Waals surface area contributed by atoms with Crippen molar-refractivity contribution in [1.82, 2.24) is 4.98 Å². The second-order valence-corrected chi connectivity index (χ2v) is 2.93. The molecular formula is C9H10F2N2O2. The third-order valence-electron chi connectivity index (χ3n) is 1.60. The molecule has 1 rings (SSSR count). The van der Waals surface area contributed by atoms with Gasteiger partial charge in [-0.1, -0.05) is 0 Å². The van der Waals surface area contributed by atoms with Gasteiger partial charge in [0.2, 0.25) is 5.88 Å². The highest BCUT2D eigenvalue weighted by molar-refractivity contribution is 5.95. The summed E-state index contributed by atoms with van der Waals surface area (Å²) in [7, 11) is 0.